The lowest BCUT2D eigenvalue weighted by Crippen LogP contribution is -2.35. The Hall–Kier alpha value is -3.75. The predicted molar refractivity (Wildman–Crippen MR) is 121 cm³/mol. The number of nitrogens with one attached hydrogen (secondary N) is 1. The van der Waals surface area contributed by atoms with Crippen molar-refractivity contribution < 1.29 is 9.72 Å². The second kappa shape index (κ2) is 9.17. The van der Waals surface area contributed by atoms with E-state index < -0.39 is 4.92 Å². The number of nitro groups is 1. The fraction of sp³-hybridized carbons (Fsp3) is 0.348. The molecular weight excluding hydrogens is 408 g/mol. The molecule has 166 valence electrons. The topological polar surface area (TPSA) is 106 Å². The van der Waals surface area contributed by atoms with Crippen molar-refractivity contribution in [3.05, 3.63) is 76.0 Å². The van der Waals surface area contributed by atoms with E-state index in [1.165, 1.54) is 12.1 Å². The number of anilines is 1. The van der Waals surface area contributed by atoms with Gasteiger partial charge in [0.05, 0.1) is 16.2 Å². The van der Waals surface area contributed by atoms with Gasteiger partial charge in [-0.2, -0.15) is 0 Å². The monoisotopic (exact) mass is 434 g/mol. The first-order valence-corrected chi connectivity index (χ1v) is 10.7. The van der Waals surface area contributed by atoms with E-state index in [0.29, 0.717) is 17.3 Å². The number of imidazole rings is 1. The van der Waals surface area contributed by atoms with Crippen molar-refractivity contribution in [3.8, 4) is 5.82 Å². The minimum atomic E-state index is -0.471. The van der Waals surface area contributed by atoms with E-state index in [9.17, 15) is 14.9 Å². The first-order valence-electron chi connectivity index (χ1n) is 10.7. The number of aryl methyl sites for hydroxylation is 1. The van der Waals surface area contributed by atoms with Gasteiger partial charge in [0.1, 0.15) is 11.6 Å². The summed E-state index contributed by atoms with van der Waals surface area (Å²) in [6, 6.07) is 8.24. The largest absolute Gasteiger partial charge is 0.371 e. The van der Waals surface area contributed by atoms with Crippen molar-refractivity contribution in [1.29, 1.82) is 0 Å². The highest BCUT2D eigenvalue weighted by Gasteiger charge is 2.23. The molecule has 0 radical (unpaired) electrons. The van der Waals surface area contributed by atoms with Gasteiger partial charge in [-0.15, -0.1) is 0 Å². The van der Waals surface area contributed by atoms with Gasteiger partial charge in [-0.05, 0) is 49.4 Å². The molecule has 9 heteroatoms. The van der Waals surface area contributed by atoms with E-state index >= 15 is 0 Å². The highest BCUT2D eigenvalue weighted by molar-refractivity contribution is 6.00. The average molecular weight is 435 g/mol. The predicted octanol–water partition coefficient (Wildman–Crippen LogP) is 3.65. The molecule has 32 heavy (non-hydrogen) atoms. The van der Waals surface area contributed by atoms with Gasteiger partial charge in [-0.1, -0.05) is 6.92 Å². The molecule has 0 aliphatic carbocycles. The van der Waals surface area contributed by atoms with Gasteiger partial charge < -0.3 is 10.2 Å². The number of hydrogen-bond acceptors (Lipinski definition) is 6. The molecule has 1 aliphatic heterocycles. The Morgan fingerprint density at radius 1 is 1.19 bits per heavy atom. The van der Waals surface area contributed by atoms with Crippen molar-refractivity contribution in [2.75, 3.05) is 18.0 Å². The Morgan fingerprint density at radius 2 is 1.97 bits per heavy atom. The summed E-state index contributed by atoms with van der Waals surface area (Å²) in [7, 11) is 0. The first-order chi connectivity index (χ1) is 15.4. The minimum Gasteiger partial charge on any atom is -0.371 e. The van der Waals surface area contributed by atoms with E-state index in [1.807, 2.05) is 29.8 Å². The lowest BCUT2D eigenvalue weighted by molar-refractivity contribution is -0.384. The second-order valence-electron chi connectivity index (χ2n) is 8.18. The molecule has 9 nitrogen and oxygen atoms in total. The maximum atomic E-state index is 13.1. The van der Waals surface area contributed by atoms with E-state index in [1.54, 1.807) is 18.5 Å². The van der Waals surface area contributed by atoms with E-state index in [-0.39, 0.29) is 18.1 Å². The summed E-state index contributed by atoms with van der Waals surface area (Å²) in [5.74, 6) is 1.84. The van der Waals surface area contributed by atoms with Crippen LogP contribution in [0.1, 0.15) is 41.5 Å². The smallest absolute Gasteiger partial charge is 0.270 e. The molecule has 0 spiro atoms. The van der Waals surface area contributed by atoms with Crippen molar-refractivity contribution >= 4 is 17.3 Å². The van der Waals surface area contributed by atoms with Crippen LogP contribution in [0.5, 0.6) is 0 Å². The zero-order chi connectivity index (χ0) is 22.7. The second-order valence-corrected chi connectivity index (χ2v) is 8.18. The maximum Gasteiger partial charge on any atom is 0.270 e. The Morgan fingerprint density at radius 3 is 2.66 bits per heavy atom. The number of hydrogen-bond donors (Lipinski definition) is 1. The summed E-state index contributed by atoms with van der Waals surface area (Å²) in [5, 5.41) is 14.2. The normalized spacial score (nSPS) is 14.4. The zero-order valence-electron chi connectivity index (χ0n) is 18.2. The van der Waals surface area contributed by atoms with Crippen molar-refractivity contribution in [1.82, 2.24) is 19.9 Å². The van der Waals surface area contributed by atoms with Gasteiger partial charge in [0.15, 0.2) is 0 Å². The Kier molecular flexibility index (Phi) is 6.16. The minimum absolute atomic E-state index is 0.0916. The number of pyridine rings is 1. The first kappa shape index (κ1) is 21.5. The number of nitrogens with zero attached hydrogens (tertiary/aromatic N) is 5. The fourth-order valence-electron chi connectivity index (χ4n) is 3.94. The van der Waals surface area contributed by atoms with E-state index in [0.717, 1.165) is 43.0 Å². The molecule has 3 heterocycles. The van der Waals surface area contributed by atoms with Gasteiger partial charge in [0.25, 0.3) is 11.6 Å². The molecule has 0 unspecified atom stereocenters. The van der Waals surface area contributed by atoms with Crippen LogP contribution in [0.4, 0.5) is 11.4 Å². The third-order valence-corrected chi connectivity index (χ3v) is 5.90. The third-order valence-electron chi connectivity index (χ3n) is 5.90. The Balaban J connectivity index is 1.54. The number of carbonyl (C=O) groups is 1. The molecule has 0 atom stereocenters. The molecule has 0 bridgehead atoms. The quantitative estimate of drug-likeness (QED) is 0.469. The summed E-state index contributed by atoms with van der Waals surface area (Å²) in [5.41, 5.74) is 1.85. The van der Waals surface area contributed by atoms with Crippen LogP contribution in [-0.2, 0) is 6.54 Å². The number of aromatic nitrogens is 3. The highest BCUT2D eigenvalue weighted by Crippen LogP contribution is 2.29. The van der Waals surface area contributed by atoms with Crippen molar-refractivity contribution in [2.45, 2.75) is 33.2 Å². The van der Waals surface area contributed by atoms with Crippen molar-refractivity contribution in [3.63, 3.8) is 0 Å². The summed E-state index contributed by atoms with van der Waals surface area (Å²) >= 11 is 0. The van der Waals surface area contributed by atoms with Crippen LogP contribution in [0, 0.1) is 23.0 Å². The van der Waals surface area contributed by atoms with Crippen LogP contribution in [0.2, 0.25) is 0 Å². The Labute approximate surface area is 186 Å². The van der Waals surface area contributed by atoms with Gasteiger partial charge in [-0.25, -0.2) is 9.97 Å². The SMILES string of the molecule is Cc1nccn1-c1cc(CNC(=O)c2cc([N+](=O)[O-])ccc2N2CCC(C)CC2)ccn1. The molecule has 4 rings (SSSR count). The van der Waals surface area contributed by atoms with Crippen LogP contribution in [-0.4, -0.2) is 38.5 Å². The van der Waals surface area contributed by atoms with Crippen LogP contribution < -0.4 is 10.2 Å². The number of piperidine rings is 1. The van der Waals surface area contributed by atoms with Crippen LogP contribution >= 0.6 is 0 Å². The summed E-state index contributed by atoms with van der Waals surface area (Å²) in [6.07, 6.45) is 7.28. The highest BCUT2D eigenvalue weighted by atomic mass is 16.6. The molecule has 2 aromatic heterocycles. The third kappa shape index (κ3) is 4.61. The van der Waals surface area contributed by atoms with Crippen LogP contribution in [0.25, 0.3) is 5.82 Å². The lowest BCUT2D eigenvalue weighted by Gasteiger charge is -2.33. The molecule has 3 aromatic rings. The lowest BCUT2D eigenvalue weighted by atomic mass is 9.98. The van der Waals surface area contributed by atoms with Gasteiger partial charge in [0.2, 0.25) is 0 Å². The number of non-ortho nitro benzene ring substituents is 1. The number of benzene rings is 1. The maximum absolute atomic E-state index is 13.1. The fourth-order valence-corrected chi connectivity index (χ4v) is 3.94. The standard InChI is InChI=1S/C23H26N6O3/c1-16-6-10-27(11-7-16)21-4-3-19(29(31)32)14-20(21)23(30)26-15-18-5-8-25-22(13-18)28-12-9-24-17(28)2/h3-5,8-9,12-14,16H,6-7,10-11,15H2,1-2H3,(H,26,30). The molecule has 1 fully saturated rings. The zero-order valence-corrected chi connectivity index (χ0v) is 18.2. The number of carbonyl (C=O) groups excluding carboxylic acids is 1. The molecule has 1 saturated heterocycles. The molecular formula is C23H26N6O3. The molecule has 0 saturated carbocycles. The van der Waals surface area contributed by atoms with E-state index in [2.05, 4.69) is 27.1 Å². The van der Waals surface area contributed by atoms with Gasteiger partial charge in [-0.3, -0.25) is 19.5 Å². The van der Waals surface area contributed by atoms with E-state index in [4.69, 9.17) is 0 Å². The van der Waals surface area contributed by atoms with Gasteiger partial charge >= 0.3 is 0 Å². The average Bonchev–Trinajstić information content (AvgIpc) is 3.23. The summed E-state index contributed by atoms with van der Waals surface area (Å²) in [6.45, 7) is 6.05. The number of amides is 1. The molecule has 1 N–H and O–H groups in total. The molecule has 1 aromatic carbocycles. The number of rotatable bonds is 6. The summed E-state index contributed by atoms with van der Waals surface area (Å²) < 4.78 is 1.86. The molecule has 1 amide bonds. The van der Waals surface area contributed by atoms with Crippen LogP contribution in [0.3, 0.4) is 0 Å². The van der Waals surface area contributed by atoms with Crippen molar-refractivity contribution in [2.24, 2.45) is 5.92 Å². The Bertz CT molecular complexity index is 1130. The summed E-state index contributed by atoms with van der Waals surface area (Å²) in [4.78, 5) is 34.7. The number of nitro benzene ring substituents is 1. The molecule has 1 aliphatic rings. The van der Waals surface area contributed by atoms with Crippen LogP contribution in [0.15, 0.2) is 48.9 Å². The van der Waals surface area contributed by atoms with Gasteiger partial charge in [0, 0.05) is 50.4 Å².